The van der Waals surface area contributed by atoms with Crippen molar-refractivity contribution in [3.8, 4) is 0 Å². The predicted octanol–water partition coefficient (Wildman–Crippen LogP) is -2.29. The highest BCUT2D eigenvalue weighted by Gasteiger charge is 1.99. The first-order valence-electron chi connectivity index (χ1n) is 4.06. The Morgan fingerprint density at radius 1 is 1.36 bits per heavy atom. The van der Waals surface area contributed by atoms with Crippen molar-refractivity contribution >= 4 is 5.97 Å². The normalized spacial score (nSPS) is 8.57. The minimum Gasteiger partial charge on any atom is -1.00 e. The molecule has 0 spiro atoms. The molecular weight excluding hydrogens is 202 g/mol. The topological polar surface area (TPSA) is 30.2 Å². The molecule has 76 valence electrons. The zero-order valence-electron chi connectivity index (χ0n) is 7.73. The van der Waals surface area contributed by atoms with Crippen LogP contribution in [0.5, 0.6) is 0 Å². The number of carbonyl (C=O) groups is 1. The molecule has 0 radical (unpaired) electrons. The van der Waals surface area contributed by atoms with Gasteiger partial charge in [-0.15, -0.1) is 0 Å². The number of pyridine rings is 1. The Balaban J connectivity index is 0.00000169. The van der Waals surface area contributed by atoms with Gasteiger partial charge in [0.25, 0.3) is 0 Å². The summed E-state index contributed by atoms with van der Waals surface area (Å²) >= 11 is 0. The van der Waals surface area contributed by atoms with E-state index in [-0.39, 0.29) is 18.4 Å². The van der Waals surface area contributed by atoms with E-state index in [9.17, 15) is 4.79 Å². The summed E-state index contributed by atoms with van der Waals surface area (Å²) in [5.41, 5.74) is 0. The van der Waals surface area contributed by atoms with Gasteiger partial charge in [-0.3, -0.25) is 0 Å². The molecule has 1 aromatic heterocycles. The van der Waals surface area contributed by atoms with Crippen LogP contribution < -0.4 is 17.0 Å². The molecule has 0 atom stereocenters. The largest absolute Gasteiger partial charge is 1.00 e. The maximum absolute atomic E-state index is 10.7. The van der Waals surface area contributed by atoms with Crippen LogP contribution >= 0.6 is 0 Å². The molecule has 0 aliphatic rings. The molecule has 14 heavy (non-hydrogen) atoms. The first-order valence-corrected chi connectivity index (χ1v) is 4.06. The second kappa shape index (κ2) is 7.09. The van der Waals surface area contributed by atoms with Crippen molar-refractivity contribution in [3.05, 3.63) is 43.2 Å². The van der Waals surface area contributed by atoms with Crippen LogP contribution in [0.15, 0.2) is 43.2 Å². The first-order chi connectivity index (χ1) is 6.33. The van der Waals surface area contributed by atoms with E-state index >= 15 is 0 Å². The third-order valence-electron chi connectivity index (χ3n) is 1.54. The van der Waals surface area contributed by atoms with Crippen molar-refractivity contribution in [1.29, 1.82) is 0 Å². The number of carbonyl (C=O) groups excluding carboxylic acids is 1. The second-order valence-corrected chi connectivity index (χ2v) is 2.48. The zero-order chi connectivity index (χ0) is 9.52. The Labute approximate surface area is 89.4 Å². The minimum absolute atomic E-state index is 0. The van der Waals surface area contributed by atoms with Crippen molar-refractivity contribution in [1.82, 2.24) is 0 Å². The fourth-order valence-corrected chi connectivity index (χ4v) is 0.894. The van der Waals surface area contributed by atoms with E-state index in [2.05, 4.69) is 6.58 Å². The lowest BCUT2D eigenvalue weighted by atomic mass is 10.5. The quantitative estimate of drug-likeness (QED) is 0.320. The highest BCUT2D eigenvalue weighted by Crippen LogP contribution is 1.81. The van der Waals surface area contributed by atoms with Gasteiger partial charge in [0, 0.05) is 18.2 Å². The number of aromatic nitrogens is 1. The van der Waals surface area contributed by atoms with Gasteiger partial charge < -0.3 is 17.1 Å². The Hall–Kier alpha value is -1.35. The summed E-state index contributed by atoms with van der Waals surface area (Å²) in [7, 11) is 0. The molecule has 0 saturated carbocycles. The third-order valence-corrected chi connectivity index (χ3v) is 1.54. The molecule has 0 unspecified atom stereocenters. The average molecular weight is 214 g/mol. The van der Waals surface area contributed by atoms with Crippen molar-refractivity contribution in [2.45, 2.75) is 6.54 Å². The third kappa shape index (κ3) is 4.62. The maximum Gasteiger partial charge on any atom is 0.330 e. The Morgan fingerprint density at radius 2 is 2.00 bits per heavy atom. The van der Waals surface area contributed by atoms with Crippen LogP contribution in [-0.4, -0.2) is 12.6 Å². The molecule has 0 aromatic carbocycles. The standard InChI is InChI=1S/C10H12NO2.ClH/c1-2-10(12)13-9-8-11-6-4-3-5-7-11;/h2-7H,1,8-9H2;1H/q+1;/p-1. The van der Waals surface area contributed by atoms with E-state index in [1.54, 1.807) is 0 Å². The molecule has 4 heteroatoms. The van der Waals surface area contributed by atoms with Crippen LogP contribution in [0.25, 0.3) is 0 Å². The number of hydrogen-bond donors (Lipinski definition) is 0. The summed E-state index contributed by atoms with van der Waals surface area (Å²) in [6, 6.07) is 5.79. The van der Waals surface area contributed by atoms with E-state index in [4.69, 9.17) is 4.74 Å². The minimum atomic E-state index is -0.378. The number of hydrogen-bond acceptors (Lipinski definition) is 2. The lowest BCUT2D eigenvalue weighted by Gasteiger charge is -1.97. The monoisotopic (exact) mass is 213 g/mol. The zero-order valence-corrected chi connectivity index (χ0v) is 8.48. The Morgan fingerprint density at radius 3 is 2.57 bits per heavy atom. The summed E-state index contributed by atoms with van der Waals surface area (Å²) in [5.74, 6) is -0.378. The smallest absolute Gasteiger partial charge is 0.330 e. The summed E-state index contributed by atoms with van der Waals surface area (Å²) in [6.07, 6.45) is 5.00. The first kappa shape index (κ1) is 12.7. The predicted molar refractivity (Wildman–Crippen MR) is 47.8 cm³/mol. The summed E-state index contributed by atoms with van der Waals surface area (Å²) in [4.78, 5) is 10.7. The van der Waals surface area contributed by atoms with Gasteiger partial charge in [-0.1, -0.05) is 12.6 Å². The van der Waals surface area contributed by atoms with Crippen molar-refractivity contribution < 1.29 is 26.5 Å². The summed E-state index contributed by atoms with van der Waals surface area (Å²) in [6.45, 7) is 4.35. The SMILES string of the molecule is C=CC(=O)OCC[n+]1ccccc1.[Cl-]. The average Bonchev–Trinajstić information content (AvgIpc) is 2.19. The molecule has 0 saturated heterocycles. The van der Waals surface area contributed by atoms with E-state index < -0.39 is 0 Å². The highest BCUT2D eigenvalue weighted by molar-refractivity contribution is 5.81. The molecule has 3 nitrogen and oxygen atoms in total. The van der Waals surface area contributed by atoms with Gasteiger partial charge in [0.2, 0.25) is 0 Å². The molecule has 0 fully saturated rings. The van der Waals surface area contributed by atoms with Crippen LogP contribution in [0.4, 0.5) is 0 Å². The van der Waals surface area contributed by atoms with Gasteiger partial charge in [0.1, 0.15) is 0 Å². The number of ether oxygens (including phenoxy) is 1. The van der Waals surface area contributed by atoms with E-state index in [0.717, 1.165) is 6.08 Å². The fraction of sp³-hybridized carbons (Fsp3) is 0.200. The van der Waals surface area contributed by atoms with E-state index in [0.29, 0.717) is 13.2 Å². The second-order valence-electron chi connectivity index (χ2n) is 2.48. The van der Waals surface area contributed by atoms with Crippen LogP contribution in [0, 0.1) is 0 Å². The molecule has 1 aromatic rings. The maximum atomic E-state index is 10.7. The molecule has 1 heterocycles. The van der Waals surface area contributed by atoms with Crippen LogP contribution in [0.3, 0.4) is 0 Å². The van der Waals surface area contributed by atoms with Gasteiger partial charge in [-0.25, -0.2) is 9.36 Å². The number of esters is 1. The van der Waals surface area contributed by atoms with Crippen molar-refractivity contribution in [3.63, 3.8) is 0 Å². The van der Waals surface area contributed by atoms with Gasteiger partial charge in [0.15, 0.2) is 25.5 Å². The molecular formula is C10H12ClNO2. The Bertz CT molecular complexity index is 287. The van der Waals surface area contributed by atoms with Gasteiger partial charge in [-0.05, 0) is 0 Å². The lowest BCUT2D eigenvalue weighted by molar-refractivity contribution is -0.697. The molecule has 0 aliphatic heterocycles. The molecule has 0 bridgehead atoms. The van der Waals surface area contributed by atoms with Crippen molar-refractivity contribution in [2.24, 2.45) is 0 Å². The van der Waals surface area contributed by atoms with Gasteiger partial charge >= 0.3 is 5.97 Å². The molecule has 1 rings (SSSR count). The van der Waals surface area contributed by atoms with Crippen LogP contribution in [-0.2, 0) is 16.1 Å². The number of halogens is 1. The summed E-state index contributed by atoms with van der Waals surface area (Å²) < 4.78 is 6.76. The fourth-order valence-electron chi connectivity index (χ4n) is 0.894. The molecule has 0 amide bonds. The van der Waals surface area contributed by atoms with Crippen LogP contribution in [0.1, 0.15) is 0 Å². The van der Waals surface area contributed by atoms with Crippen molar-refractivity contribution in [2.75, 3.05) is 6.61 Å². The molecule has 0 aliphatic carbocycles. The van der Waals surface area contributed by atoms with Gasteiger partial charge in [-0.2, -0.15) is 0 Å². The van der Waals surface area contributed by atoms with E-state index in [1.807, 2.05) is 35.2 Å². The lowest BCUT2D eigenvalue weighted by Crippen LogP contribution is -3.00. The molecule has 0 N–H and O–H groups in total. The van der Waals surface area contributed by atoms with Gasteiger partial charge in [0.05, 0.1) is 0 Å². The summed E-state index contributed by atoms with van der Waals surface area (Å²) in [5, 5.41) is 0. The van der Waals surface area contributed by atoms with E-state index in [1.165, 1.54) is 0 Å². The highest BCUT2D eigenvalue weighted by atomic mass is 35.5. The Kier molecular flexibility index (Phi) is 6.41. The van der Waals surface area contributed by atoms with Crippen LogP contribution in [0.2, 0.25) is 0 Å². The number of nitrogens with zero attached hydrogens (tertiary/aromatic N) is 1. The number of rotatable bonds is 4.